The minimum Gasteiger partial charge on any atom is -0.467 e. The zero-order chi connectivity index (χ0) is 29.9. The van der Waals surface area contributed by atoms with E-state index in [1.807, 2.05) is 0 Å². The Hall–Kier alpha value is -3.37. The largest absolute Gasteiger partial charge is 0.467 e. The highest BCUT2D eigenvalue weighted by atomic mass is 32.1. The summed E-state index contributed by atoms with van der Waals surface area (Å²) < 4.78 is 5.01. The number of rotatable bonds is 5. The Labute approximate surface area is 266 Å². The van der Waals surface area contributed by atoms with E-state index in [9.17, 15) is 0 Å². The van der Waals surface area contributed by atoms with E-state index in [1.54, 1.807) is 54.6 Å². The monoisotopic (exact) mass is 627 g/mol. The first-order valence-corrected chi connectivity index (χ1v) is 17.3. The van der Waals surface area contributed by atoms with Gasteiger partial charge in [-0.15, -0.1) is 29.2 Å². The maximum absolute atomic E-state index is 6.91. The molecule has 0 amide bonds. The predicted octanol–water partition coefficient (Wildman–Crippen LogP) is 5.67. The Morgan fingerprint density at radius 1 is 0.705 bits per heavy atom. The number of hydrogen-bond donors (Lipinski definition) is 0. The van der Waals surface area contributed by atoms with Crippen LogP contribution < -0.4 is 4.74 Å². The molecule has 0 unspecified atom stereocenters. The van der Waals surface area contributed by atoms with Crippen molar-refractivity contribution < 1.29 is 4.74 Å². The van der Waals surface area contributed by atoms with E-state index >= 15 is 0 Å². The number of hydrogen-bond acceptors (Lipinski definition) is 11. The second kappa shape index (κ2) is 13.3. The molecular weight excluding hydrogens is 591 g/mol. The van der Waals surface area contributed by atoms with Crippen LogP contribution in [0.3, 0.4) is 0 Å². The van der Waals surface area contributed by atoms with Crippen molar-refractivity contribution in [2.75, 3.05) is 33.3 Å². The minimum absolute atomic E-state index is 0.193. The van der Waals surface area contributed by atoms with Gasteiger partial charge in [0.15, 0.2) is 0 Å². The van der Waals surface area contributed by atoms with Crippen LogP contribution >= 0.6 is 22.7 Å². The third-order valence-electron chi connectivity index (χ3n) is 9.31. The molecule has 2 fully saturated rings. The Balaban J connectivity index is 0.000000142. The smallest absolute Gasteiger partial charge is 0.371 e. The molecule has 2 aliphatic carbocycles. The van der Waals surface area contributed by atoms with Gasteiger partial charge in [0.2, 0.25) is 0 Å². The molecule has 4 aromatic heterocycles. The van der Waals surface area contributed by atoms with Gasteiger partial charge in [0, 0.05) is 78.8 Å². The lowest BCUT2D eigenvalue weighted by Crippen LogP contribution is -2.41. The molecule has 2 aliphatic heterocycles. The minimum atomic E-state index is 0.193. The van der Waals surface area contributed by atoms with Crippen LogP contribution in [0.5, 0.6) is 6.01 Å². The van der Waals surface area contributed by atoms with Gasteiger partial charge >= 0.3 is 12.0 Å². The fraction of sp³-hybridized carbons (Fsp3) is 0.531. The quantitative estimate of drug-likeness (QED) is 0.260. The molecule has 0 atom stereocenters. The summed E-state index contributed by atoms with van der Waals surface area (Å²) >= 11 is 3.56. The number of aromatic nitrogens is 6. The van der Waals surface area contributed by atoms with Gasteiger partial charge in [0.25, 0.3) is 0 Å². The average molecular weight is 628 g/mol. The first-order valence-electron chi connectivity index (χ1n) is 15.7. The van der Waals surface area contributed by atoms with Gasteiger partial charge in [-0.3, -0.25) is 9.80 Å². The predicted molar refractivity (Wildman–Crippen MR) is 172 cm³/mol. The van der Waals surface area contributed by atoms with Crippen molar-refractivity contribution in [1.82, 2.24) is 39.7 Å². The summed E-state index contributed by atoms with van der Waals surface area (Å²) in [5, 5.41) is 2.02. The lowest BCUT2D eigenvalue weighted by atomic mass is 9.91. The first-order chi connectivity index (χ1) is 21.7. The molecule has 228 valence electrons. The average Bonchev–Trinajstić information content (AvgIpc) is 3.50. The van der Waals surface area contributed by atoms with E-state index in [1.165, 1.54) is 66.2 Å². The van der Waals surface area contributed by atoms with Crippen molar-refractivity contribution in [1.29, 1.82) is 0 Å². The standard InChI is InChI=1S/C16H17N5S.C16H20N4OS/c1-17-16-18-9-11(10-19-16)15-20-13-5-7-21(12-3-2-4-12)8-6-14(13)22-15;1-21-16-17-9-11(10-18-16)15-19-13-5-7-20(12-3-2-4-12)8-6-14(13)22-15/h9-10,12H,2-8H2;9-10,12H,2-8H2,1H3. The van der Waals surface area contributed by atoms with Crippen LogP contribution in [0.4, 0.5) is 5.95 Å². The van der Waals surface area contributed by atoms with Crippen LogP contribution in [0.2, 0.25) is 0 Å². The maximum Gasteiger partial charge on any atom is 0.371 e. The molecule has 0 N–H and O–H groups in total. The highest BCUT2D eigenvalue weighted by molar-refractivity contribution is 7.15. The van der Waals surface area contributed by atoms with Crippen LogP contribution in [-0.4, -0.2) is 85.1 Å². The number of thiazole rings is 2. The Morgan fingerprint density at radius 2 is 1.16 bits per heavy atom. The molecule has 6 heterocycles. The molecule has 2 saturated carbocycles. The normalized spacial score (nSPS) is 19.2. The number of fused-ring (bicyclic) bond motifs is 2. The van der Waals surface area contributed by atoms with E-state index in [2.05, 4.69) is 34.6 Å². The van der Waals surface area contributed by atoms with Crippen LogP contribution in [0, 0.1) is 6.57 Å². The molecule has 0 radical (unpaired) electrons. The highest BCUT2D eigenvalue weighted by Gasteiger charge is 2.29. The van der Waals surface area contributed by atoms with Crippen molar-refractivity contribution in [2.24, 2.45) is 0 Å². The number of methoxy groups -OCH3 is 1. The van der Waals surface area contributed by atoms with E-state index in [-0.39, 0.29) is 5.95 Å². The van der Waals surface area contributed by atoms with Crippen LogP contribution in [0.25, 0.3) is 26.0 Å². The van der Waals surface area contributed by atoms with Gasteiger partial charge < -0.3 is 9.58 Å². The fourth-order valence-electron chi connectivity index (χ4n) is 6.26. The summed E-state index contributed by atoms with van der Waals surface area (Å²) in [7, 11) is 1.58. The van der Waals surface area contributed by atoms with Gasteiger partial charge in [0.1, 0.15) is 10.0 Å². The lowest BCUT2D eigenvalue weighted by molar-refractivity contribution is 0.133. The van der Waals surface area contributed by atoms with Crippen molar-refractivity contribution in [2.45, 2.75) is 76.3 Å². The summed E-state index contributed by atoms with van der Waals surface area (Å²) in [6.07, 6.45) is 19.7. The Morgan fingerprint density at radius 3 is 1.57 bits per heavy atom. The summed E-state index contributed by atoms with van der Waals surface area (Å²) in [6.45, 7) is 11.5. The number of ether oxygens (including phenoxy) is 1. The topological polar surface area (TPSA) is 97.4 Å². The van der Waals surface area contributed by atoms with Crippen LogP contribution in [0.1, 0.15) is 59.7 Å². The van der Waals surface area contributed by atoms with Gasteiger partial charge in [-0.1, -0.05) is 12.8 Å². The lowest BCUT2D eigenvalue weighted by Gasteiger charge is -2.36. The molecule has 0 bridgehead atoms. The molecular formula is C32H37N9OS2. The Kier molecular flexibility index (Phi) is 8.88. The summed E-state index contributed by atoms with van der Waals surface area (Å²) in [5.41, 5.74) is 4.42. The van der Waals surface area contributed by atoms with Gasteiger partial charge in [-0.2, -0.15) is 9.97 Å². The molecule has 0 spiro atoms. The summed E-state index contributed by atoms with van der Waals surface area (Å²) in [4.78, 5) is 37.5. The van der Waals surface area contributed by atoms with E-state index in [4.69, 9.17) is 21.3 Å². The van der Waals surface area contributed by atoms with Crippen molar-refractivity contribution in [3.8, 4) is 27.2 Å². The molecule has 12 heteroatoms. The zero-order valence-corrected chi connectivity index (χ0v) is 26.7. The van der Waals surface area contributed by atoms with E-state index < -0.39 is 0 Å². The van der Waals surface area contributed by atoms with Gasteiger partial charge in [-0.05, 0) is 38.5 Å². The first kappa shape index (κ1) is 29.3. The zero-order valence-electron chi connectivity index (χ0n) is 25.1. The second-order valence-corrected chi connectivity index (χ2v) is 14.0. The summed E-state index contributed by atoms with van der Waals surface area (Å²) in [6, 6.07) is 2.06. The van der Waals surface area contributed by atoms with E-state index in [0.29, 0.717) is 6.01 Å². The molecule has 0 saturated heterocycles. The second-order valence-electron chi connectivity index (χ2n) is 11.9. The third kappa shape index (κ3) is 6.38. The maximum atomic E-state index is 6.91. The molecule has 8 rings (SSSR count). The third-order valence-corrected chi connectivity index (χ3v) is 11.7. The van der Waals surface area contributed by atoms with Crippen molar-refractivity contribution in [3.63, 3.8) is 0 Å². The Bertz CT molecular complexity index is 1550. The van der Waals surface area contributed by atoms with Crippen LogP contribution in [-0.2, 0) is 25.7 Å². The van der Waals surface area contributed by atoms with Gasteiger partial charge in [0.05, 0.1) is 36.5 Å². The molecule has 44 heavy (non-hydrogen) atoms. The highest BCUT2D eigenvalue weighted by Crippen LogP contribution is 2.34. The summed E-state index contributed by atoms with van der Waals surface area (Å²) in [5.74, 6) is 0.193. The van der Waals surface area contributed by atoms with E-state index in [0.717, 1.165) is 78.5 Å². The van der Waals surface area contributed by atoms with Crippen molar-refractivity contribution in [3.05, 3.63) is 57.3 Å². The van der Waals surface area contributed by atoms with Gasteiger partial charge in [-0.25, -0.2) is 19.9 Å². The molecule has 4 aromatic rings. The molecule has 10 nitrogen and oxygen atoms in total. The molecule has 4 aliphatic rings. The SMILES string of the molecule is COc1ncc(-c2nc3c(s2)CCN(C2CCC2)CC3)cn1.[C-]#[N+]c1ncc(-c2nc3c(s2)CCN(C2CCC2)CC3)cn1. The number of nitrogens with zero attached hydrogens (tertiary/aromatic N) is 9. The molecule has 0 aromatic carbocycles. The fourth-order valence-corrected chi connectivity index (χ4v) is 8.41. The van der Waals surface area contributed by atoms with Crippen molar-refractivity contribution >= 4 is 28.6 Å². The van der Waals surface area contributed by atoms with Crippen LogP contribution in [0.15, 0.2) is 24.8 Å².